The van der Waals surface area contributed by atoms with Crippen molar-refractivity contribution in [2.24, 2.45) is 0 Å². The summed E-state index contributed by atoms with van der Waals surface area (Å²) in [6.45, 7) is -2.11. The highest BCUT2D eigenvalue weighted by atomic mass is 127. The number of anilines is 1. The Balaban J connectivity index is 2.61. The van der Waals surface area contributed by atoms with Crippen molar-refractivity contribution in [2.75, 3.05) is 10.8 Å². The Bertz CT molecular complexity index is 1030. The highest BCUT2D eigenvalue weighted by molar-refractivity contribution is 14.1. The van der Waals surface area contributed by atoms with E-state index in [4.69, 9.17) is 0 Å². The smallest absolute Gasteiger partial charge is 0.369 e. The third-order valence-electron chi connectivity index (χ3n) is 4.12. The number of aliphatic hydroxyl groups is 1. The van der Waals surface area contributed by atoms with Gasteiger partial charge in [0.1, 0.15) is 6.54 Å². The molecule has 0 fully saturated rings. The molecule has 0 aliphatic rings. The molecular formula is C17H11F9INO3S. The van der Waals surface area contributed by atoms with Crippen molar-refractivity contribution >= 4 is 38.3 Å². The second-order valence-electron chi connectivity index (χ2n) is 6.33. The molecule has 2 aromatic carbocycles. The van der Waals surface area contributed by atoms with Crippen molar-refractivity contribution in [3.8, 4) is 0 Å². The topological polar surface area (TPSA) is 57.6 Å². The van der Waals surface area contributed by atoms with Crippen LogP contribution in [0, 0.1) is 3.57 Å². The fourth-order valence-electron chi connectivity index (χ4n) is 2.57. The molecule has 2 rings (SSSR count). The quantitative estimate of drug-likeness (QED) is 0.368. The SMILES string of the molecule is O=S(=O)(c1ccc(I)cc1)N(CC(F)(F)F)c1ccc(C(O)(C(F)(F)F)C(F)(F)F)cc1. The minimum Gasteiger partial charge on any atom is -0.369 e. The number of alkyl halides is 9. The molecule has 1 N–H and O–H groups in total. The Morgan fingerprint density at radius 2 is 1.22 bits per heavy atom. The largest absolute Gasteiger partial charge is 0.430 e. The first kappa shape index (κ1) is 26.5. The van der Waals surface area contributed by atoms with Crippen LogP contribution in [-0.4, -0.2) is 38.6 Å². The van der Waals surface area contributed by atoms with Crippen molar-refractivity contribution in [3.63, 3.8) is 0 Å². The van der Waals surface area contributed by atoms with Gasteiger partial charge in [-0.15, -0.1) is 0 Å². The average molecular weight is 607 g/mol. The van der Waals surface area contributed by atoms with Crippen LogP contribution in [0.5, 0.6) is 0 Å². The van der Waals surface area contributed by atoms with Crippen LogP contribution in [0.2, 0.25) is 0 Å². The second kappa shape index (κ2) is 8.55. The van der Waals surface area contributed by atoms with Crippen molar-refractivity contribution < 1.29 is 53.0 Å². The zero-order valence-corrected chi connectivity index (χ0v) is 18.2. The lowest BCUT2D eigenvalue weighted by atomic mass is 9.92. The van der Waals surface area contributed by atoms with Crippen LogP contribution in [0.1, 0.15) is 5.56 Å². The van der Waals surface area contributed by atoms with E-state index in [1.807, 2.05) is 0 Å². The third-order valence-corrected chi connectivity index (χ3v) is 6.63. The van der Waals surface area contributed by atoms with Crippen LogP contribution in [0.25, 0.3) is 0 Å². The molecule has 0 atom stereocenters. The molecule has 178 valence electrons. The van der Waals surface area contributed by atoms with E-state index in [1.54, 1.807) is 22.6 Å². The van der Waals surface area contributed by atoms with Gasteiger partial charge in [-0.3, -0.25) is 4.31 Å². The number of benzene rings is 2. The van der Waals surface area contributed by atoms with Gasteiger partial charge in [-0.25, -0.2) is 8.42 Å². The van der Waals surface area contributed by atoms with E-state index < -0.39 is 56.8 Å². The zero-order chi connectivity index (χ0) is 24.8. The van der Waals surface area contributed by atoms with Gasteiger partial charge < -0.3 is 5.11 Å². The van der Waals surface area contributed by atoms with Crippen LogP contribution in [-0.2, 0) is 15.6 Å². The van der Waals surface area contributed by atoms with Gasteiger partial charge in [-0.05, 0) is 59.0 Å². The standard InChI is InChI=1S/C17H11F9INO3S/c18-14(19,20)9-28(32(30,31)13-7-3-11(27)4-8-13)12-5-1-10(2-6-12)15(29,16(21,22)23)17(24,25)26/h1-8,29H,9H2. The summed E-state index contributed by atoms with van der Waals surface area (Å²) in [6.07, 6.45) is -17.5. The Morgan fingerprint density at radius 1 is 0.781 bits per heavy atom. The summed E-state index contributed by atoms with van der Waals surface area (Å²) in [6, 6.07) is 5.26. The molecule has 2 aromatic rings. The number of rotatable bonds is 5. The van der Waals surface area contributed by atoms with Gasteiger partial charge in [0.2, 0.25) is 0 Å². The lowest BCUT2D eigenvalue weighted by Gasteiger charge is -2.33. The van der Waals surface area contributed by atoms with E-state index in [2.05, 4.69) is 0 Å². The van der Waals surface area contributed by atoms with Gasteiger partial charge in [-0.2, -0.15) is 39.5 Å². The van der Waals surface area contributed by atoms with Gasteiger partial charge in [-0.1, -0.05) is 12.1 Å². The van der Waals surface area contributed by atoms with E-state index in [1.165, 1.54) is 12.1 Å². The summed E-state index contributed by atoms with van der Waals surface area (Å²) in [5, 5.41) is 9.37. The van der Waals surface area contributed by atoms with Crippen LogP contribution < -0.4 is 4.31 Å². The van der Waals surface area contributed by atoms with E-state index in [-0.39, 0.29) is 16.4 Å². The van der Waals surface area contributed by atoms with E-state index in [9.17, 15) is 53.0 Å². The van der Waals surface area contributed by atoms with Gasteiger partial charge in [0, 0.05) is 9.13 Å². The predicted molar refractivity (Wildman–Crippen MR) is 102 cm³/mol. The van der Waals surface area contributed by atoms with Crippen LogP contribution in [0.3, 0.4) is 0 Å². The molecule has 0 spiro atoms. The summed E-state index contributed by atoms with van der Waals surface area (Å²) < 4.78 is 143. The van der Waals surface area contributed by atoms with Crippen LogP contribution >= 0.6 is 22.6 Å². The molecule has 0 aliphatic carbocycles. The fourth-order valence-corrected chi connectivity index (χ4v) is 4.38. The van der Waals surface area contributed by atoms with E-state index >= 15 is 0 Å². The predicted octanol–water partition coefficient (Wildman–Crippen LogP) is 5.36. The maximum Gasteiger partial charge on any atom is 0.430 e. The Labute approximate surface area is 188 Å². The van der Waals surface area contributed by atoms with E-state index in [0.29, 0.717) is 15.7 Å². The first-order chi connectivity index (χ1) is 14.3. The third kappa shape index (κ3) is 5.24. The summed E-state index contributed by atoms with van der Waals surface area (Å²) in [7, 11) is -4.91. The van der Waals surface area contributed by atoms with E-state index in [0.717, 1.165) is 12.1 Å². The highest BCUT2D eigenvalue weighted by Gasteiger charge is 2.71. The van der Waals surface area contributed by atoms with Crippen molar-refractivity contribution in [3.05, 3.63) is 57.7 Å². The summed E-state index contributed by atoms with van der Waals surface area (Å²) in [5.74, 6) is 0. The molecule has 32 heavy (non-hydrogen) atoms. The lowest BCUT2D eigenvalue weighted by molar-refractivity contribution is -0.376. The van der Waals surface area contributed by atoms with Gasteiger partial charge in [0.15, 0.2) is 0 Å². The molecule has 0 aliphatic heterocycles. The fraction of sp³-hybridized carbons (Fsp3) is 0.294. The molecular weight excluding hydrogens is 596 g/mol. The molecule has 0 bridgehead atoms. The highest BCUT2D eigenvalue weighted by Crippen LogP contribution is 2.50. The van der Waals surface area contributed by atoms with Crippen molar-refractivity contribution in [1.29, 1.82) is 0 Å². The minimum absolute atomic E-state index is 0.0587. The zero-order valence-electron chi connectivity index (χ0n) is 15.2. The van der Waals surface area contributed by atoms with Crippen LogP contribution in [0.15, 0.2) is 53.4 Å². The summed E-state index contributed by atoms with van der Waals surface area (Å²) >= 11 is 1.80. The number of halogens is 10. The molecule has 0 radical (unpaired) electrons. The molecule has 0 amide bonds. The molecule has 0 aromatic heterocycles. The Hall–Kier alpha value is -1.75. The number of nitrogens with zero attached hydrogens (tertiary/aromatic N) is 1. The maximum atomic E-state index is 13.0. The molecule has 15 heteroatoms. The van der Waals surface area contributed by atoms with Gasteiger partial charge in [0.05, 0.1) is 10.6 Å². The minimum atomic E-state index is -6.22. The van der Waals surface area contributed by atoms with Gasteiger partial charge in [0.25, 0.3) is 15.6 Å². The summed E-state index contributed by atoms with van der Waals surface area (Å²) in [4.78, 5) is -0.590. The summed E-state index contributed by atoms with van der Waals surface area (Å²) in [5.41, 5.74) is -7.93. The van der Waals surface area contributed by atoms with Crippen molar-refractivity contribution in [1.82, 2.24) is 0 Å². The molecule has 4 nitrogen and oxygen atoms in total. The molecule has 0 saturated carbocycles. The second-order valence-corrected chi connectivity index (χ2v) is 9.44. The Morgan fingerprint density at radius 3 is 1.59 bits per heavy atom. The first-order valence-corrected chi connectivity index (χ1v) is 10.6. The van der Waals surface area contributed by atoms with Crippen molar-refractivity contribution in [2.45, 2.75) is 29.0 Å². The first-order valence-electron chi connectivity index (χ1n) is 8.12. The van der Waals surface area contributed by atoms with Gasteiger partial charge >= 0.3 is 18.5 Å². The average Bonchev–Trinajstić information content (AvgIpc) is 2.63. The molecule has 0 unspecified atom stereocenters. The lowest BCUT2D eigenvalue weighted by Crippen LogP contribution is -2.53. The molecule has 0 saturated heterocycles. The normalized spacial score (nSPS) is 13.8. The maximum absolute atomic E-state index is 13.0. The number of sulfonamides is 1. The Kier molecular flexibility index (Phi) is 7.08. The number of hydrogen-bond donors (Lipinski definition) is 1. The number of hydrogen-bond acceptors (Lipinski definition) is 3. The monoisotopic (exact) mass is 607 g/mol. The van der Waals surface area contributed by atoms with Crippen LogP contribution in [0.4, 0.5) is 45.2 Å². The molecule has 0 heterocycles.